The molecule has 7 heteroatoms. The Labute approximate surface area is 122 Å². The van der Waals surface area contributed by atoms with Gasteiger partial charge in [0, 0.05) is 0 Å². The van der Waals surface area contributed by atoms with Crippen molar-refractivity contribution < 1.29 is 14.3 Å². The molecule has 1 N–H and O–H groups in total. The molecule has 1 rings (SSSR count). The highest BCUT2D eigenvalue weighted by Gasteiger charge is 2.20. The molecule has 0 fully saturated rings. The van der Waals surface area contributed by atoms with Crippen LogP contribution in [-0.2, 0) is 9.53 Å². The van der Waals surface area contributed by atoms with E-state index in [0.717, 1.165) is 5.56 Å². The van der Waals surface area contributed by atoms with Crippen LogP contribution >= 0.6 is 0 Å². The molecule has 1 atom stereocenters. The van der Waals surface area contributed by atoms with E-state index in [0.29, 0.717) is 5.69 Å². The van der Waals surface area contributed by atoms with Gasteiger partial charge in [0.2, 0.25) is 5.91 Å². The molecule has 1 aromatic rings. The van der Waals surface area contributed by atoms with Gasteiger partial charge in [-0.1, -0.05) is 18.2 Å². The normalized spacial score (nSPS) is 11.7. The smallest absolute Gasteiger partial charge is 0.413 e. The lowest BCUT2D eigenvalue weighted by atomic mass is 10.1. The number of imide groups is 1. The number of nitriles is 1. The predicted octanol–water partition coefficient (Wildman–Crippen LogP) is 2.49. The predicted molar refractivity (Wildman–Crippen MR) is 74.8 cm³/mol. The molecule has 0 saturated carbocycles. The second-order valence-corrected chi connectivity index (χ2v) is 4.10. The lowest BCUT2D eigenvalue weighted by molar-refractivity contribution is -0.122. The Kier molecular flexibility index (Phi) is 6.54. The molecule has 0 aliphatic rings. The van der Waals surface area contributed by atoms with Gasteiger partial charge in [0.05, 0.1) is 24.9 Å². The number of benzene rings is 1. The Morgan fingerprint density at radius 1 is 1.43 bits per heavy atom. The number of carbonyl (C=O) groups excluding carboxylic acids is 2. The zero-order valence-corrected chi connectivity index (χ0v) is 11.9. The summed E-state index contributed by atoms with van der Waals surface area (Å²) in [7, 11) is 0. The fourth-order valence-corrected chi connectivity index (χ4v) is 1.41. The Morgan fingerprint density at radius 2 is 2.14 bits per heavy atom. The van der Waals surface area contributed by atoms with Crippen molar-refractivity contribution in [1.82, 2.24) is 5.32 Å². The van der Waals surface area contributed by atoms with E-state index in [-0.39, 0.29) is 13.2 Å². The van der Waals surface area contributed by atoms with E-state index in [9.17, 15) is 9.59 Å². The first-order valence-electron chi connectivity index (χ1n) is 6.38. The van der Waals surface area contributed by atoms with E-state index >= 15 is 0 Å². The third kappa shape index (κ3) is 5.40. The minimum Gasteiger partial charge on any atom is -0.450 e. The first-order valence-corrected chi connectivity index (χ1v) is 6.38. The third-order valence-electron chi connectivity index (χ3n) is 2.53. The Bertz CT molecular complexity index is 578. The van der Waals surface area contributed by atoms with Crippen LogP contribution in [0.4, 0.5) is 10.5 Å². The molecule has 0 spiro atoms. The van der Waals surface area contributed by atoms with E-state index in [4.69, 9.17) is 5.26 Å². The van der Waals surface area contributed by atoms with E-state index in [2.05, 4.69) is 15.0 Å². The van der Waals surface area contributed by atoms with Crippen LogP contribution in [0.3, 0.4) is 0 Å². The highest BCUT2D eigenvalue weighted by molar-refractivity contribution is 5.94. The molecule has 110 valence electrons. The third-order valence-corrected chi connectivity index (χ3v) is 2.53. The summed E-state index contributed by atoms with van der Waals surface area (Å²) in [6.45, 7) is 3.51. The number of hydrogen-bond donors (Lipinski definition) is 1. The molecule has 0 saturated heterocycles. The molecule has 1 aromatic carbocycles. The van der Waals surface area contributed by atoms with Gasteiger partial charge in [-0.25, -0.2) is 4.79 Å². The maximum Gasteiger partial charge on any atom is 0.413 e. The average Bonchev–Trinajstić information content (AvgIpc) is 2.45. The van der Waals surface area contributed by atoms with Crippen molar-refractivity contribution in [2.24, 2.45) is 16.1 Å². The van der Waals surface area contributed by atoms with Gasteiger partial charge in [0.25, 0.3) is 0 Å². The zero-order valence-electron chi connectivity index (χ0n) is 11.9. The number of alkyl carbamates (subject to hydrolysis) is 1. The van der Waals surface area contributed by atoms with Crippen LogP contribution in [0, 0.1) is 24.2 Å². The van der Waals surface area contributed by atoms with Crippen molar-refractivity contribution in [2.45, 2.75) is 13.8 Å². The van der Waals surface area contributed by atoms with Gasteiger partial charge < -0.3 is 4.74 Å². The summed E-state index contributed by atoms with van der Waals surface area (Å²) in [6.07, 6.45) is -0.876. The highest BCUT2D eigenvalue weighted by atomic mass is 16.5. The molecule has 0 aliphatic carbocycles. The molecule has 0 bridgehead atoms. The minimum atomic E-state index is -1.10. The van der Waals surface area contributed by atoms with Crippen LogP contribution in [-0.4, -0.2) is 25.2 Å². The van der Waals surface area contributed by atoms with Crippen LogP contribution in [0.25, 0.3) is 0 Å². The second-order valence-electron chi connectivity index (χ2n) is 4.10. The Hall–Kier alpha value is -2.75. The summed E-state index contributed by atoms with van der Waals surface area (Å²) >= 11 is 0. The summed E-state index contributed by atoms with van der Waals surface area (Å²) in [4.78, 5) is 22.7. The number of rotatable bonds is 5. The van der Waals surface area contributed by atoms with Crippen molar-refractivity contribution in [3.8, 4) is 6.07 Å². The van der Waals surface area contributed by atoms with Crippen molar-refractivity contribution in [2.75, 3.05) is 13.2 Å². The van der Waals surface area contributed by atoms with E-state index in [1.165, 1.54) is 0 Å². The second kappa shape index (κ2) is 8.43. The number of aryl methyl sites for hydroxylation is 1. The summed E-state index contributed by atoms with van der Waals surface area (Å²) < 4.78 is 4.56. The molecular formula is C14H16N4O3. The Morgan fingerprint density at radius 3 is 2.76 bits per heavy atom. The Balaban J connectivity index is 2.59. The molecule has 0 heterocycles. The number of amides is 2. The molecule has 0 aliphatic heterocycles. The molecule has 2 amide bonds. The number of hydrogen-bond acceptors (Lipinski definition) is 6. The molecule has 0 aromatic heterocycles. The fraction of sp³-hybridized carbons (Fsp3) is 0.357. The topological polar surface area (TPSA) is 104 Å². The van der Waals surface area contributed by atoms with Crippen LogP contribution in [0.15, 0.2) is 34.5 Å². The molecule has 1 unspecified atom stereocenters. The number of ether oxygens (including phenoxy) is 1. The van der Waals surface area contributed by atoms with Crippen molar-refractivity contribution in [3.05, 3.63) is 29.8 Å². The summed E-state index contributed by atoms with van der Waals surface area (Å²) in [5.74, 6) is -1.85. The van der Waals surface area contributed by atoms with Gasteiger partial charge in [-0.15, -0.1) is 0 Å². The van der Waals surface area contributed by atoms with Gasteiger partial charge >= 0.3 is 6.09 Å². The maximum atomic E-state index is 11.6. The maximum absolute atomic E-state index is 11.6. The van der Waals surface area contributed by atoms with Gasteiger partial charge in [0.15, 0.2) is 0 Å². The largest absolute Gasteiger partial charge is 0.450 e. The van der Waals surface area contributed by atoms with Crippen molar-refractivity contribution >= 4 is 17.7 Å². The number of carbonyl (C=O) groups is 2. The van der Waals surface area contributed by atoms with Gasteiger partial charge in [-0.2, -0.15) is 15.5 Å². The first kappa shape index (κ1) is 16.3. The summed E-state index contributed by atoms with van der Waals surface area (Å²) in [5, 5.41) is 18.7. The number of azo groups is 1. The molecule has 7 nitrogen and oxygen atoms in total. The van der Waals surface area contributed by atoms with Gasteiger partial charge in [-0.05, 0) is 25.5 Å². The monoisotopic (exact) mass is 288 g/mol. The standard InChI is InChI=1S/C14H16N4O3/c1-3-21-14(20)17-13(19)11(8-15)9-16-18-12-7-5-4-6-10(12)2/h4-7,11H,3,9H2,1-2H3,(H,17,19,20). The van der Waals surface area contributed by atoms with Crippen LogP contribution < -0.4 is 5.32 Å². The molecule has 0 radical (unpaired) electrons. The lowest BCUT2D eigenvalue weighted by Gasteiger charge is -2.06. The SMILES string of the molecule is CCOC(=O)NC(=O)C(C#N)CN=Nc1ccccc1C. The summed E-state index contributed by atoms with van der Waals surface area (Å²) in [5.41, 5.74) is 1.60. The molecular weight excluding hydrogens is 272 g/mol. The van der Waals surface area contributed by atoms with Crippen LogP contribution in [0.2, 0.25) is 0 Å². The number of nitrogens with zero attached hydrogens (tertiary/aromatic N) is 3. The highest BCUT2D eigenvalue weighted by Crippen LogP contribution is 2.17. The molecule has 21 heavy (non-hydrogen) atoms. The van der Waals surface area contributed by atoms with Crippen molar-refractivity contribution in [1.29, 1.82) is 5.26 Å². The zero-order chi connectivity index (χ0) is 15.7. The lowest BCUT2D eigenvalue weighted by Crippen LogP contribution is -2.36. The minimum absolute atomic E-state index is 0.129. The van der Waals surface area contributed by atoms with Gasteiger partial charge in [0.1, 0.15) is 5.92 Å². The van der Waals surface area contributed by atoms with Crippen molar-refractivity contribution in [3.63, 3.8) is 0 Å². The quantitative estimate of drug-likeness (QED) is 0.840. The van der Waals surface area contributed by atoms with Crippen LogP contribution in [0.1, 0.15) is 12.5 Å². The van der Waals surface area contributed by atoms with E-state index < -0.39 is 17.9 Å². The van der Waals surface area contributed by atoms with E-state index in [1.807, 2.05) is 30.4 Å². The summed E-state index contributed by atoms with van der Waals surface area (Å²) in [6, 6.07) is 9.12. The first-order chi connectivity index (χ1) is 10.1. The van der Waals surface area contributed by atoms with E-state index in [1.54, 1.807) is 19.1 Å². The number of nitrogens with one attached hydrogen (secondary N) is 1. The average molecular weight is 288 g/mol. The van der Waals surface area contributed by atoms with Crippen LogP contribution in [0.5, 0.6) is 0 Å². The van der Waals surface area contributed by atoms with Gasteiger partial charge in [-0.3, -0.25) is 10.1 Å². The fourth-order valence-electron chi connectivity index (χ4n) is 1.41.